The SMILES string of the molecule is Cc1cc2c(N3CCCC3)nc(N3CCCC3)nc2[nH]1. The topological polar surface area (TPSA) is 48.1 Å². The van der Waals surface area contributed by atoms with Gasteiger partial charge < -0.3 is 14.8 Å². The van der Waals surface area contributed by atoms with Crippen LogP contribution in [0.4, 0.5) is 11.8 Å². The molecule has 5 heteroatoms. The first-order chi connectivity index (χ1) is 9.81. The van der Waals surface area contributed by atoms with Gasteiger partial charge in [-0.25, -0.2) is 0 Å². The summed E-state index contributed by atoms with van der Waals surface area (Å²) in [5.74, 6) is 2.03. The molecule has 0 spiro atoms. The molecule has 2 aliphatic heterocycles. The summed E-state index contributed by atoms with van der Waals surface area (Å²) in [5, 5.41) is 1.17. The molecule has 2 fully saturated rings. The number of rotatable bonds is 2. The van der Waals surface area contributed by atoms with E-state index in [4.69, 9.17) is 9.97 Å². The average Bonchev–Trinajstić information content (AvgIpc) is 3.18. The van der Waals surface area contributed by atoms with Crippen LogP contribution in [0.25, 0.3) is 11.0 Å². The lowest BCUT2D eigenvalue weighted by molar-refractivity contribution is 0.881. The van der Waals surface area contributed by atoms with Crippen molar-refractivity contribution in [2.45, 2.75) is 32.6 Å². The van der Waals surface area contributed by atoms with Gasteiger partial charge in [0.25, 0.3) is 0 Å². The van der Waals surface area contributed by atoms with Gasteiger partial charge in [0.1, 0.15) is 11.5 Å². The van der Waals surface area contributed by atoms with E-state index in [1.54, 1.807) is 0 Å². The van der Waals surface area contributed by atoms with Crippen molar-refractivity contribution in [1.29, 1.82) is 0 Å². The molecule has 106 valence electrons. The predicted octanol–water partition coefficient (Wildman–Crippen LogP) is 2.47. The molecule has 0 unspecified atom stereocenters. The van der Waals surface area contributed by atoms with Crippen molar-refractivity contribution in [3.05, 3.63) is 11.8 Å². The molecule has 4 rings (SSSR count). The lowest BCUT2D eigenvalue weighted by Crippen LogP contribution is -2.24. The molecule has 2 aliphatic rings. The molecule has 0 amide bonds. The predicted molar refractivity (Wildman–Crippen MR) is 81.5 cm³/mol. The van der Waals surface area contributed by atoms with Crippen LogP contribution in [-0.4, -0.2) is 41.1 Å². The average molecular weight is 271 g/mol. The molecule has 2 aromatic heterocycles. The van der Waals surface area contributed by atoms with Gasteiger partial charge in [0, 0.05) is 31.9 Å². The van der Waals surface area contributed by atoms with E-state index in [1.165, 1.54) is 31.1 Å². The largest absolute Gasteiger partial charge is 0.356 e. The molecule has 0 bridgehead atoms. The molecule has 0 aromatic carbocycles. The van der Waals surface area contributed by atoms with E-state index in [0.717, 1.165) is 49.3 Å². The summed E-state index contributed by atoms with van der Waals surface area (Å²) in [6.45, 7) is 6.51. The second-order valence-electron chi connectivity index (χ2n) is 5.95. The number of anilines is 2. The Balaban J connectivity index is 1.84. The van der Waals surface area contributed by atoms with Crippen LogP contribution < -0.4 is 9.80 Å². The van der Waals surface area contributed by atoms with Gasteiger partial charge in [-0.05, 0) is 38.7 Å². The minimum atomic E-state index is 0.902. The summed E-state index contributed by atoms with van der Waals surface area (Å²) in [5.41, 5.74) is 2.15. The summed E-state index contributed by atoms with van der Waals surface area (Å²) >= 11 is 0. The Hall–Kier alpha value is -1.78. The molecule has 20 heavy (non-hydrogen) atoms. The Kier molecular flexibility index (Phi) is 2.79. The minimum absolute atomic E-state index is 0.902. The fourth-order valence-corrected chi connectivity index (χ4v) is 3.34. The van der Waals surface area contributed by atoms with Crippen LogP contribution in [0.15, 0.2) is 6.07 Å². The van der Waals surface area contributed by atoms with Crippen LogP contribution in [0.2, 0.25) is 0 Å². The van der Waals surface area contributed by atoms with Crippen molar-refractivity contribution in [3.63, 3.8) is 0 Å². The number of hydrogen-bond acceptors (Lipinski definition) is 4. The van der Waals surface area contributed by atoms with E-state index in [2.05, 4.69) is 27.8 Å². The maximum atomic E-state index is 4.90. The van der Waals surface area contributed by atoms with Crippen molar-refractivity contribution < 1.29 is 0 Å². The second-order valence-corrected chi connectivity index (χ2v) is 5.95. The first kappa shape index (κ1) is 12.0. The summed E-state index contributed by atoms with van der Waals surface area (Å²) < 4.78 is 0. The summed E-state index contributed by atoms with van der Waals surface area (Å²) in [6.07, 6.45) is 5.05. The van der Waals surface area contributed by atoms with Crippen molar-refractivity contribution in [2.75, 3.05) is 36.0 Å². The fourth-order valence-electron chi connectivity index (χ4n) is 3.34. The van der Waals surface area contributed by atoms with Crippen molar-refractivity contribution in [2.24, 2.45) is 0 Å². The number of fused-ring (bicyclic) bond motifs is 1. The van der Waals surface area contributed by atoms with Gasteiger partial charge in [-0.2, -0.15) is 9.97 Å². The number of hydrogen-bond donors (Lipinski definition) is 1. The standard InChI is InChI=1S/C15H21N5/c1-11-10-12-13(16-11)17-15(20-8-4-5-9-20)18-14(12)19-6-2-3-7-19/h10H,2-9H2,1H3,(H,16,17,18). The molecule has 2 aromatic rings. The fraction of sp³-hybridized carbons (Fsp3) is 0.600. The molecule has 0 atom stereocenters. The zero-order valence-electron chi connectivity index (χ0n) is 12.0. The van der Waals surface area contributed by atoms with Crippen LogP contribution in [0.1, 0.15) is 31.4 Å². The monoisotopic (exact) mass is 271 g/mol. The van der Waals surface area contributed by atoms with Crippen LogP contribution in [0.3, 0.4) is 0 Å². The second kappa shape index (κ2) is 4.65. The third-order valence-corrected chi connectivity index (χ3v) is 4.38. The zero-order chi connectivity index (χ0) is 13.5. The third-order valence-electron chi connectivity index (χ3n) is 4.38. The van der Waals surface area contributed by atoms with Crippen molar-refractivity contribution >= 4 is 22.8 Å². The zero-order valence-corrected chi connectivity index (χ0v) is 12.0. The molecule has 1 N–H and O–H groups in total. The molecule has 0 saturated carbocycles. The Labute approximate surface area is 119 Å². The van der Waals surface area contributed by atoms with E-state index >= 15 is 0 Å². The highest BCUT2D eigenvalue weighted by Crippen LogP contribution is 2.30. The molecular formula is C15H21N5. The molecular weight excluding hydrogens is 250 g/mol. The maximum Gasteiger partial charge on any atom is 0.229 e. The van der Waals surface area contributed by atoms with E-state index < -0.39 is 0 Å². The Morgan fingerprint density at radius 1 is 0.950 bits per heavy atom. The number of nitrogens with zero attached hydrogens (tertiary/aromatic N) is 4. The highest BCUT2D eigenvalue weighted by atomic mass is 15.3. The Morgan fingerprint density at radius 2 is 1.60 bits per heavy atom. The van der Waals surface area contributed by atoms with E-state index in [9.17, 15) is 0 Å². The maximum absolute atomic E-state index is 4.90. The van der Waals surface area contributed by atoms with E-state index in [1.807, 2.05) is 0 Å². The van der Waals surface area contributed by atoms with Crippen LogP contribution in [0.5, 0.6) is 0 Å². The Morgan fingerprint density at radius 3 is 2.30 bits per heavy atom. The number of aromatic nitrogens is 3. The van der Waals surface area contributed by atoms with Crippen LogP contribution >= 0.6 is 0 Å². The molecule has 0 aliphatic carbocycles. The van der Waals surface area contributed by atoms with Gasteiger partial charge >= 0.3 is 0 Å². The molecule has 5 nitrogen and oxygen atoms in total. The van der Waals surface area contributed by atoms with Gasteiger partial charge in [0.15, 0.2) is 0 Å². The Bertz CT molecular complexity index is 620. The minimum Gasteiger partial charge on any atom is -0.356 e. The summed E-state index contributed by atoms with van der Waals surface area (Å²) in [4.78, 5) is 17.8. The number of H-pyrrole nitrogens is 1. The van der Waals surface area contributed by atoms with E-state index in [0.29, 0.717) is 0 Å². The number of nitrogens with one attached hydrogen (secondary N) is 1. The quantitative estimate of drug-likeness (QED) is 0.911. The first-order valence-corrected chi connectivity index (χ1v) is 7.68. The highest BCUT2D eigenvalue weighted by molar-refractivity contribution is 5.89. The number of aryl methyl sites for hydroxylation is 1. The highest BCUT2D eigenvalue weighted by Gasteiger charge is 2.22. The van der Waals surface area contributed by atoms with Gasteiger partial charge in [-0.15, -0.1) is 0 Å². The van der Waals surface area contributed by atoms with Crippen molar-refractivity contribution in [1.82, 2.24) is 15.0 Å². The van der Waals surface area contributed by atoms with Crippen LogP contribution in [0, 0.1) is 6.92 Å². The van der Waals surface area contributed by atoms with Gasteiger partial charge in [0.2, 0.25) is 5.95 Å². The van der Waals surface area contributed by atoms with Gasteiger partial charge in [-0.1, -0.05) is 0 Å². The van der Waals surface area contributed by atoms with E-state index in [-0.39, 0.29) is 0 Å². The lowest BCUT2D eigenvalue weighted by atomic mass is 10.3. The van der Waals surface area contributed by atoms with Crippen LogP contribution in [-0.2, 0) is 0 Å². The van der Waals surface area contributed by atoms with Crippen molar-refractivity contribution in [3.8, 4) is 0 Å². The summed E-state index contributed by atoms with van der Waals surface area (Å²) in [7, 11) is 0. The summed E-state index contributed by atoms with van der Waals surface area (Å²) in [6, 6.07) is 2.18. The lowest BCUT2D eigenvalue weighted by Gasteiger charge is -2.21. The molecule has 4 heterocycles. The van der Waals surface area contributed by atoms with Gasteiger partial charge in [-0.3, -0.25) is 0 Å². The normalized spacial score (nSPS) is 19.4. The third kappa shape index (κ3) is 1.92. The molecule has 2 saturated heterocycles. The molecule has 0 radical (unpaired) electrons. The van der Waals surface area contributed by atoms with Gasteiger partial charge in [0.05, 0.1) is 5.39 Å². The number of aromatic amines is 1. The smallest absolute Gasteiger partial charge is 0.229 e. The first-order valence-electron chi connectivity index (χ1n) is 7.68.